The average Bonchev–Trinajstić information content (AvgIpc) is 3.23. The largest absolute Gasteiger partial charge is 0.493 e. The lowest BCUT2D eigenvalue weighted by Gasteiger charge is -2.13. The maximum atomic E-state index is 12.2. The normalized spacial score (nSPS) is 14.8. The van der Waals surface area contributed by atoms with Crippen molar-refractivity contribution in [3.63, 3.8) is 0 Å². The highest BCUT2D eigenvalue weighted by molar-refractivity contribution is 7.90. The number of amides is 1. The fourth-order valence-corrected chi connectivity index (χ4v) is 4.30. The van der Waals surface area contributed by atoms with Crippen molar-refractivity contribution in [2.75, 3.05) is 26.5 Å². The van der Waals surface area contributed by atoms with E-state index in [2.05, 4.69) is 5.32 Å². The second-order valence-electron chi connectivity index (χ2n) is 7.81. The minimum absolute atomic E-state index is 0.117. The smallest absolute Gasteiger partial charge is 0.258 e. The Morgan fingerprint density at radius 3 is 2.42 bits per heavy atom. The zero-order valence-corrected chi connectivity index (χ0v) is 19.2. The fourth-order valence-electron chi connectivity index (χ4n) is 3.67. The maximum absolute atomic E-state index is 12.2. The summed E-state index contributed by atoms with van der Waals surface area (Å²) in [6.07, 6.45) is 1.69. The lowest BCUT2D eigenvalue weighted by molar-refractivity contribution is -0.123. The Balaban J connectivity index is 1.32. The number of fused-ring (bicyclic) bond motifs is 1. The summed E-state index contributed by atoms with van der Waals surface area (Å²) in [6, 6.07) is 19.9. The number of carbonyl (C=O) groups excluding carboxylic acids is 1. The summed E-state index contributed by atoms with van der Waals surface area (Å²) in [5, 5.41) is 2.85. The Labute approximate surface area is 193 Å². The van der Waals surface area contributed by atoms with Gasteiger partial charge in [0.15, 0.2) is 27.9 Å². The Morgan fingerprint density at radius 1 is 1.03 bits per heavy atom. The lowest BCUT2D eigenvalue weighted by atomic mass is 10.0. The molecule has 0 saturated carbocycles. The van der Waals surface area contributed by atoms with Crippen LogP contribution in [-0.4, -0.2) is 46.9 Å². The number of ether oxygens (including phenoxy) is 3. The first-order chi connectivity index (χ1) is 15.8. The van der Waals surface area contributed by atoms with Gasteiger partial charge in [0, 0.05) is 12.7 Å². The second kappa shape index (κ2) is 9.54. The standard InChI is InChI=1S/C25H25NO6S/c1-30-23-5-3-4-6-24(23)31-16-25(27)26-15-20-14-19-13-18(9-12-22(19)32-20)17-7-10-21(11-8-17)33(2,28)29/h3-13,20H,14-16H2,1-2H3,(H,26,27)/t20-/m0/s1. The van der Waals surface area contributed by atoms with Gasteiger partial charge >= 0.3 is 0 Å². The molecule has 0 fully saturated rings. The topological polar surface area (TPSA) is 90.9 Å². The van der Waals surface area contributed by atoms with Gasteiger partial charge in [-0.2, -0.15) is 0 Å². The molecular formula is C25H25NO6S. The van der Waals surface area contributed by atoms with Gasteiger partial charge in [0.2, 0.25) is 0 Å². The van der Waals surface area contributed by atoms with Gasteiger partial charge in [0.25, 0.3) is 5.91 Å². The molecule has 3 aromatic rings. The van der Waals surface area contributed by atoms with Gasteiger partial charge in [0.05, 0.1) is 18.6 Å². The molecule has 0 aromatic heterocycles. The van der Waals surface area contributed by atoms with Crippen LogP contribution in [0.3, 0.4) is 0 Å². The van der Waals surface area contributed by atoms with Gasteiger partial charge in [-0.1, -0.05) is 30.3 Å². The Morgan fingerprint density at radius 2 is 1.73 bits per heavy atom. The molecule has 7 nitrogen and oxygen atoms in total. The van der Waals surface area contributed by atoms with Gasteiger partial charge in [-0.05, 0) is 53.1 Å². The van der Waals surface area contributed by atoms with E-state index in [1.807, 2.05) is 30.3 Å². The summed E-state index contributed by atoms with van der Waals surface area (Å²) >= 11 is 0. The monoisotopic (exact) mass is 467 g/mol. The highest BCUT2D eigenvalue weighted by Gasteiger charge is 2.24. The number of carbonyl (C=O) groups is 1. The number of methoxy groups -OCH3 is 1. The third-order valence-corrected chi connectivity index (χ3v) is 6.50. The number of rotatable bonds is 8. The van der Waals surface area contributed by atoms with Crippen LogP contribution in [0.4, 0.5) is 0 Å². The molecule has 0 unspecified atom stereocenters. The minimum Gasteiger partial charge on any atom is -0.493 e. The van der Waals surface area contributed by atoms with E-state index in [1.165, 1.54) is 6.26 Å². The second-order valence-corrected chi connectivity index (χ2v) is 9.82. The summed E-state index contributed by atoms with van der Waals surface area (Å²) in [6.45, 7) is 0.245. The number of sulfone groups is 1. The van der Waals surface area contributed by atoms with Crippen LogP contribution in [0.5, 0.6) is 17.2 Å². The first kappa shape index (κ1) is 22.7. The predicted octanol–water partition coefficient (Wildman–Crippen LogP) is 3.26. The van der Waals surface area contributed by atoms with E-state index in [-0.39, 0.29) is 18.6 Å². The molecule has 33 heavy (non-hydrogen) atoms. The zero-order chi connectivity index (χ0) is 23.4. The summed E-state index contributed by atoms with van der Waals surface area (Å²) in [4.78, 5) is 12.5. The van der Waals surface area contributed by atoms with Crippen molar-refractivity contribution in [3.8, 4) is 28.4 Å². The highest BCUT2D eigenvalue weighted by Crippen LogP contribution is 2.33. The number of nitrogens with one attached hydrogen (secondary N) is 1. The lowest BCUT2D eigenvalue weighted by Crippen LogP contribution is -2.37. The molecule has 1 heterocycles. The van der Waals surface area contributed by atoms with Crippen LogP contribution in [-0.2, 0) is 21.1 Å². The molecule has 0 saturated heterocycles. The molecular weight excluding hydrogens is 442 g/mol. The molecule has 1 aliphatic heterocycles. The molecule has 4 rings (SSSR count). The van der Waals surface area contributed by atoms with Crippen molar-refractivity contribution < 1.29 is 27.4 Å². The third-order valence-electron chi connectivity index (χ3n) is 5.37. The summed E-state index contributed by atoms with van der Waals surface area (Å²) in [7, 11) is -1.68. The fraction of sp³-hybridized carbons (Fsp3) is 0.240. The zero-order valence-electron chi connectivity index (χ0n) is 18.4. The first-order valence-corrected chi connectivity index (χ1v) is 12.4. The SMILES string of the molecule is COc1ccccc1OCC(=O)NC[C@@H]1Cc2cc(-c3ccc(S(C)(=O)=O)cc3)ccc2O1. The van der Waals surface area contributed by atoms with E-state index in [9.17, 15) is 13.2 Å². The van der Waals surface area contributed by atoms with Gasteiger partial charge in [-0.15, -0.1) is 0 Å². The predicted molar refractivity (Wildman–Crippen MR) is 125 cm³/mol. The molecule has 0 aliphatic carbocycles. The third kappa shape index (κ3) is 5.46. The molecule has 0 radical (unpaired) electrons. The van der Waals surface area contributed by atoms with Gasteiger partial charge in [-0.25, -0.2) is 8.42 Å². The van der Waals surface area contributed by atoms with E-state index in [4.69, 9.17) is 14.2 Å². The van der Waals surface area contributed by atoms with Crippen LogP contribution in [0.2, 0.25) is 0 Å². The number of benzene rings is 3. The summed E-state index contributed by atoms with van der Waals surface area (Å²) in [5.41, 5.74) is 2.95. The van der Waals surface area contributed by atoms with Crippen LogP contribution in [0, 0.1) is 0 Å². The van der Waals surface area contributed by atoms with Crippen LogP contribution in [0.1, 0.15) is 5.56 Å². The molecule has 1 atom stereocenters. The van der Waals surface area contributed by atoms with Gasteiger partial charge in [-0.3, -0.25) is 4.79 Å². The van der Waals surface area contributed by atoms with E-state index >= 15 is 0 Å². The van der Waals surface area contributed by atoms with Crippen molar-refractivity contribution in [2.45, 2.75) is 17.4 Å². The van der Waals surface area contributed by atoms with E-state index in [1.54, 1.807) is 43.5 Å². The number of hydrogen-bond donors (Lipinski definition) is 1. The first-order valence-electron chi connectivity index (χ1n) is 10.5. The van der Waals surface area contributed by atoms with Crippen LogP contribution >= 0.6 is 0 Å². The molecule has 172 valence electrons. The van der Waals surface area contributed by atoms with E-state index in [0.29, 0.717) is 29.4 Å². The molecule has 1 N–H and O–H groups in total. The Kier molecular flexibility index (Phi) is 6.55. The van der Waals surface area contributed by atoms with Crippen molar-refractivity contribution in [2.24, 2.45) is 0 Å². The molecule has 8 heteroatoms. The molecule has 1 aliphatic rings. The van der Waals surface area contributed by atoms with Crippen molar-refractivity contribution >= 4 is 15.7 Å². The van der Waals surface area contributed by atoms with Crippen molar-refractivity contribution in [3.05, 3.63) is 72.3 Å². The number of hydrogen-bond acceptors (Lipinski definition) is 6. The van der Waals surface area contributed by atoms with E-state index < -0.39 is 9.84 Å². The molecule has 0 bridgehead atoms. The number of para-hydroxylation sites is 2. The summed E-state index contributed by atoms with van der Waals surface area (Å²) < 4.78 is 40.0. The van der Waals surface area contributed by atoms with Gasteiger partial charge in [0.1, 0.15) is 11.9 Å². The van der Waals surface area contributed by atoms with Crippen LogP contribution in [0.15, 0.2) is 71.6 Å². The summed E-state index contributed by atoms with van der Waals surface area (Å²) in [5.74, 6) is 1.63. The quantitative estimate of drug-likeness (QED) is 0.547. The molecule has 3 aromatic carbocycles. The van der Waals surface area contributed by atoms with Crippen LogP contribution in [0.25, 0.3) is 11.1 Å². The molecule has 1 amide bonds. The van der Waals surface area contributed by atoms with Crippen molar-refractivity contribution in [1.29, 1.82) is 0 Å². The van der Waals surface area contributed by atoms with Crippen molar-refractivity contribution in [1.82, 2.24) is 5.32 Å². The molecule has 0 spiro atoms. The highest BCUT2D eigenvalue weighted by atomic mass is 32.2. The Hall–Kier alpha value is -3.52. The maximum Gasteiger partial charge on any atom is 0.258 e. The minimum atomic E-state index is -3.23. The van der Waals surface area contributed by atoms with Gasteiger partial charge < -0.3 is 19.5 Å². The van der Waals surface area contributed by atoms with E-state index in [0.717, 1.165) is 22.4 Å². The average molecular weight is 468 g/mol. The Bertz CT molecular complexity index is 1250. The van der Waals surface area contributed by atoms with Crippen LogP contribution < -0.4 is 19.5 Å².